The zero-order valence-electron chi connectivity index (χ0n) is 15.9. The summed E-state index contributed by atoms with van der Waals surface area (Å²) in [5.41, 5.74) is 3.54. The standard InChI is InChI=1S/C22H28N2O3/c1-26-21-5-3-2-4-19(21)8-11-22(25)23-13-12-18-6-9-20(10-7-18)24-14-16-27-17-15-24/h2-7,9-10H,8,11-17H2,1H3,(H,23,25). The van der Waals surface area contributed by atoms with Crippen LogP contribution in [0.15, 0.2) is 48.5 Å². The number of amides is 1. The van der Waals surface area contributed by atoms with Gasteiger partial charge in [-0.1, -0.05) is 30.3 Å². The third-order valence-corrected chi connectivity index (χ3v) is 4.86. The van der Waals surface area contributed by atoms with Crippen molar-refractivity contribution in [2.45, 2.75) is 19.3 Å². The molecule has 1 N–H and O–H groups in total. The Morgan fingerprint density at radius 1 is 1.07 bits per heavy atom. The van der Waals surface area contributed by atoms with E-state index in [0.29, 0.717) is 19.4 Å². The molecular formula is C22H28N2O3. The van der Waals surface area contributed by atoms with Crippen molar-refractivity contribution in [3.05, 3.63) is 59.7 Å². The number of ether oxygens (including phenoxy) is 2. The molecule has 144 valence electrons. The summed E-state index contributed by atoms with van der Waals surface area (Å²) in [7, 11) is 1.66. The number of methoxy groups -OCH3 is 1. The SMILES string of the molecule is COc1ccccc1CCC(=O)NCCc1ccc(N2CCOCC2)cc1. The highest BCUT2D eigenvalue weighted by atomic mass is 16.5. The molecule has 1 fully saturated rings. The molecule has 2 aromatic carbocycles. The fourth-order valence-corrected chi connectivity index (χ4v) is 3.29. The second-order valence-electron chi connectivity index (χ2n) is 6.68. The van der Waals surface area contributed by atoms with Crippen molar-refractivity contribution in [1.82, 2.24) is 5.32 Å². The summed E-state index contributed by atoms with van der Waals surface area (Å²) >= 11 is 0. The lowest BCUT2D eigenvalue weighted by molar-refractivity contribution is -0.121. The summed E-state index contributed by atoms with van der Waals surface area (Å²) in [5.74, 6) is 0.913. The van der Waals surface area contributed by atoms with Gasteiger partial charge in [-0.3, -0.25) is 4.79 Å². The molecule has 0 bridgehead atoms. The molecule has 5 heteroatoms. The van der Waals surface area contributed by atoms with E-state index in [1.165, 1.54) is 11.3 Å². The van der Waals surface area contributed by atoms with E-state index >= 15 is 0 Å². The minimum Gasteiger partial charge on any atom is -0.496 e. The Hall–Kier alpha value is -2.53. The van der Waals surface area contributed by atoms with Crippen molar-refractivity contribution in [2.75, 3.05) is 44.9 Å². The first kappa shape index (κ1) is 19.2. The van der Waals surface area contributed by atoms with Gasteiger partial charge in [0.2, 0.25) is 5.91 Å². The van der Waals surface area contributed by atoms with Crippen molar-refractivity contribution < 1.29 is 14.3 Å². The average Bonchev–Trinajstić information content (AvgIpc) is 2.73. The zero-order chi connectivity index (χ0) is 18.9. The molecule has 1 amide bonds. The molecule has 0 aliphatic carbocycles. The Bertz CT molecular complexity index is 725. The van der Waals surface area contributed by atoms with Crippen LogP contribution < -0.4 is 15.0 Å². The molecule has 1 heterocycles. The van der Waals surface area contributed by atoms with Crippen LogP contribution in [0.3, 0.4) is 0 Å². The predicted molar refractivity (Wildman–Crippen MR) is 108 cm³/mol. The van der Waals surface area contributed by atoms with Crippen LogP contribution in [-0.2, 0) is 22.4 Å². The van der Waals surface area contributed by atoms with Crippen molar-refractivity contribution in [2.24, 2.45) is 0 Å². The third-order valence-electron chi connectivity index (χ3n) is 4.86. The molecule has 5 nitrogen and oxygen atoms in total. The van der Waals surface area contributed by atoms with Crippen molar-refractivity contribution >= 4 is 11.6 Å². The molecule has 0 aromatic heterocycles. The highest BCUT2D eigenvalue weighted by molar-refractivity contribution is 5.76. The number of hydrogen-bond donors (Lipinski definition) is 1. The van der Waals surface area contributed by atoms with Gasteiger partial charge in [-0.15, -0.1) is 0 Å². The van der Waals surface area contributed by atoms with Gasteiger partial charge >= 0.3 is 0 Å². The number of para-hydroxylation sites is 1. The normalized spacial score (nSPS) is 14.0. The first-order chi connectivity index (χ1) is 13.3. The fraction of sp³-hybridized carbons (Fsp3) is 0.409. The van der Waals surface area contributed by atoms with Crippen LogP contribution >= 0.6 is 0 Å². The van der Waals surface area contributed by atoms with Gasteiger partial charge < -0.3 is 19.7 Å². The number of nitrogens with zero attached hydrogens (tertiary/aromatic N) is 1. The lowest BCUT2D eigenvalue weighted by Crippen LogP contribution is -2.36. The van der Waals surface area contributed by atoms with Crippen LogP contribution in [0.5, 0.6) is 5.75 Å². The third kappa shape index (κ3) is 5.73. The van der Waals surface area contributed by atoms with E-state index in [0.717, 1.165) is 44.0 Å². The van der Waals surface area contributed by atoms with E-state index < -0.39 is 0 Å². The second kappa shape index (κ2) is 9.97. The summed E-state index contributed by atoms with van der Waals surface area (Å²) in [6.45, 7) is 4.14. The van der Waals surface area contributed by atoms with E-state index in [9.17, 15) is 4.79 Å². The Kier molecular flexibility index (Phi) is 7.11. The Balaban J connectivity index is 1.39. The number of nitrogens with one attached hydrogen (secondary N) is 1. The molecule has 3 rings (SSSR count). The van der Waals surface area contributed by atoms with Crippen LogP contribution in [0.25, 0.3) is 0 Å². The van der Waals surface area contributed by atoms with Gasteiger partial charge in [0.15, 0.2) is 0 Å². The zero-order valence-corrected chi connectivity index (χ0v) is 15.9. The van der Waals surface area contributed by atoms with Gasteiger partial charge in [0.25, 0.3) is 0 Å². The second-order valence-corrected chi connectivity index (χ2v) is 6.68. The molecule has 0 spiro atoms. The number of benzene rings is 2. The Morgan fingerprint density at radius 3 is 2.56 bits per heavy atom. The van der Waals surface area contributed by atoms with Gasteiger partial charge in [-0.25, -0.2) is 0 Å². The average molecular weight is 368 g/mol. The van der Waals surface area contributed by atoms with E-state index in [-0.39, 0.29) is 5.91 Å². The summed E-state index contributed by atoms with van der Waals surface area (Å²) in [5, 5.41) is 3.01. The number of hydrogen-bond acceptors (Lipinski definition) is 4. The van der Waals surface area contributed by atoms with Gasteiger partial charge in [-0.05, 0) is 42.2 Å². The number of aryl methyl sites for hydroxylation is 1. The topological polar surface area (TPSA) is 50.8 Å². The van der Waals surface area contributed by atoms with Crippen molar-refractivity contribution in [1.29, 1.82) is 0 Å². The predicted octanol–water partition coefficient (Wildman–Crippen LogP) is 2.82. The van der Waals surface area contributed by atoms with Crippen LogP contribution in [0.2, 0.25) is 0 Å². The molecule has 1 aliphatic rings. The monoisotopic (exact) mass is 368 g/mol. The Labute approximate surface area is 161 Å². The van der Waals surface area contributed by atoms with Crippen LogP contribution in [0.4, 0.5) is 5.69 Å². The number of carbonyl (C=O) groups is 1. The minimum atomic E-state index is 0.0749. The molecular weight excluding hydrogens is 340 g/mol. The first-order valence-electron chi connectivity index (χ1n) is 9.56. The molecule has 0 saturated carbocycles. The highest BCUT2D eigenvalue weighted by Crippen LogP contribution is 2.19. The number of anilines is 1. The molecule has 2 aromatic rings. The van der Waals surface area contributed by atoms with E-state index in [2.05, 4.69) is 34.5 Å². The summed E-state index contributed by atoms with van der Waals surface area (Å²) in [6.07, 6.45) is 1.99. The molecule has 1 aliphatic heterocycles. The van der Waals surface area contributed by atoms with Crippen molar-refractivity contribution in [3.8, 4) is 5.75 Å². The minimum absolute atomic E-state index is 0.0749. The quantitative estimate of drug-likeness (QED) is 0.778. The van der Waals surface area contributed by atoms with Gasteiger partial charge in [0, 0.05) is 31.7 Å². The van der Waals surface area contributed by atoms with E-state index in [1.807, 2.05) is 24.3 Å². The van der Waals surface area contributed by atoms with E-state index in [4.69, 9.17) is 9.47 Å². The molecule has 1 saturated heterocycles. The number of carbonyl (C=O) groups excluding carboxylic acids is 1. The Morgan fingerprint density at radius 2 is 1.81 bits per heavy atom. The molecule has 0 unspecified atom stereocenters. The van der Waals surface area contributed by atoms with Crippen molar-refractivity contribution in [3.63, 3.8) is 0 Å². The van der Waals surface area contributed by atoms with Gasteiger partial charge in [0.05, 0.1) is 20.3 Å². The lowest BCUT2D eigenvalue weighted by atomic mass is 10.1. The maximum absolute atomic E-state index is 12.1. The van der Waals surface area contributed by atoms with Crippen LogP contribution in [0.1, 0.15) is 17.5 Å². The van der Waals surface area contributed by atoms with Gasteiger partial charge in [0.1, 0.15) is 5.75 Å². The summed E-state index contributed by atoms with van der Waals surface area (Å²) in [4.78, 5) is 14.4. The molecule has 0 atom stereocenters. The number of morpholine rings is 1. The number of rotatable bonds is 8. The lowest BCUT2D eigenvalue weighted by Gasteiger charge is -2.28. The maximum Gasteiger partial charge on any atom is 0.220 e. The fourth-order valence-electron chi connectivity index (χ4n) is 3.29. The maximum atomic E-state index is 12.1. The van der Waals surface area contributed by atoms with Gasteiger partial charge in [-0.2, -0.15) is 0 Å². The highest BCUT2D eigenvalue weighted by Gasteiger charge is 2.11. The smallest absolute Gasteiger partial charge is 0.220 e. The summed E-state index contributed by atoms with van der Waals surface area (Å²) in [6, 6.07) is 16.4. The molecule has 27 heavy (non-hydrogen) atoms. The molecule has 0 radical (unpaired) electrons. The van der Waals surface area contributed by atoms with Crippen LogP contribution in [0, 0.1) is 0 Å². The first-order valence-corrected chi connectivity index (χ1v) is 9.56. The largest absolute Gasteiger partial charge is 0.496 e. The summed E-state index contributed by atoms with van der Waals surface area (Å²) < 4.78 is 10.7. The van der Waals surface area contributed by atoms with E-state index in [1.54, 1.807) is 7.11 Å². The van der Waals surface area contributed by atoms with Crippen LogP contribution in [-0.4, -0.2) is 45.9 Å².